The van der Waals surface area contributed by atoms with Crippen molar-refractivity contribution >= 4 is 33.5 Å². The van der Waals surface area contributed by atoms with E-state index in [9.17, 15) is 14.0 Å². The number of hydrogen-bond donors (Lipinski definition) is 1. The van der Waals surface area contributed by atoms with Gasteiger partial charge in [-0.1, -0.05) is 18.2 Å². The van der Waals surface area contributed by atoms with Gasteiger partial charge >= 0.3 is 5.63 Å². The molecule has 130 valence electrons. The number of benzene rings is 2. The number of carbonyl (C=O) groups excluding carboxylic acids is 1. The quantitative estimate of drug-likeness (QED) is 0.556. The van der Waals surface area contributed by atoms with Crippen molar-refractivity contribution in [3.05, 3.63) is 76.0 Å². The number of halogens is 1. The van der Waals surface area contributed by atoms with Crippen LogP contribution in [0.4, 0.5) is 10.1 Å². The van der Waals surface area contributed by atoms with E-state index in [2.05, 4.69) is 5.32 Å². The normalized spacial score (nSPS) is 11.2. The second kappa shape index (κ2) is 5.84. The first-order chi connectivity index (χ1) is 12.5. The molecule has 0 spiro atoms. The van der Waals surface area contributed by atoms with Crippen LogP contribution in [-0.2, 0) is 7.05 Å². The maximum Gasteiger partial charge on any atom is 0.345 e. The Labute approximate surface area is 147 Å². The van der Waals surface area contributed by atoms with Crippen molar-refractivity contribution in [3.63, 3.8) is 0 Å². The summed E-state index contributed by atoms with van der Waals surface area (Å²) in [6.45, 7) is 1.65. The molecule has 0 bridgehead atoms. The Morgan fingerprint density at radius 1 is 1.12 bits per heavy atom. The third-order valence-electron chi connectivity index (χ3n) is 4.46. The number of aryl methyl sites for hydroxylation is 2. The Bertz CT molecular complexity index is 1240. The summed E-state index contributed by atoms with van der Waals surface area (Å²) in [6.07, 6.45) is 0. The van der Waals surface area contributed by atoms with Crippen LogP contribution in [0.5, 0.6) is 0 Å². The molecule has 1 N–H and O–H groups in total. The SMILES string of the molecule is Cc1ccc(NC(=O)c2cc3c(=O)oc4ccccc4c3n2C)cc1F. The van der Waals surface area contributed by atoms with E-state index in [0.29, 0.717) is 27.7 Å². The number of nitrogens with one attached hydrogen (secondary N) is 1. The van der Waals surface area contributed by atoms with Crippen molar-refractivity contribution in [2.24, 2.45) is 7.05 Å². The van der Waals surface area contributed by atoms with E-state index in [4.69, 9.17) is 4.42 Å². The van der Waals surface area contributed by atoms with Crippen LogP contribution >= 0.6 is 0 Å². The van der Waals surface area contributed by atoms with Gasteiger partial charge in [-0.05, 0) is 42.8 Å². The van der Waals surface area contributed by atoms with Crippen LogP contribution in [0.25, 0.3) is 21.9 Å². The number of hydrogen-bond acceptors (Lipinski definition) is 3. The number of rotatable bonds is 2. The van der Waals surface area contributed by atoms with E-state index in [-0.39, 0.29) is 5.69 Å². The summed E-state index contributed by atoms with van der Waals surface area (Å²) in [6, 6.07) is 13.1. The van der Waals surface area contributed by atoms with Crippen LogP contribution in [0.2, 0.25) is 0 Å². The predicted molar refractivity (Wildman–Crippen MR) is 98.1 cm³/mol. The Morgan fingerprint density at radius 2 is 1.88 bits per heavy atom. The number of carbonyl (C=O) groups is 1. The molecule has 0 aliphatic rings. The number of aromatic nitrogens is 1. The molecule has 0 radical (unpaired) electrons. The second-order valence-corrected chi connectivity index (χ2v) is 6.15. The van der Waals surface area contributed by atoms with E-state index in [1.165, 1.54) is 12.1 Å². The fourth-order valence-electron chi connectivity index (χ4n) is 3.07. The average molecular weight is 350 g/mol. The molecule has 0 aliphatic carbocycles. The minimum absolute atomic E-state index is 0.282. The minimum Gasteiger partial charge on any atom is -0.422 e. The second-order valence-electron chi connectivity index (χ2n) is 6.15. The summed E-state index contributed by atoms with van der Waals surface area (Å²) < 4.78 is 20.7. The smallest absolute Gasteiger partial charge is 0.345 e. The Kier molecular flexibility index (Phi) is 3.61. The zero-order valence-corrected chi connectivity index (χ0v) is 14.2. The van der Waals surface area contributed by atoms with Gasteiger partial charge in [-0.3, -0.25) is 4.79 Å². The van der Waals surface area contributed by atoms with Crippen molar-refractivity contribution in [2.75, 3.05) is 5.32 Å². The summed E-state index contributed by atoms with van der Waals surface area (Å²) in [5.74, 6) is -0.832. The molecule has 2 aromatic carbocycles. The van der Waals surface area contributed by atoms with Gasteiger partial charge in [0.15, 0.2) is 0 Å². The lowest BCUT2D eigenvalue weighted by molar-refractivity contribution is 0.102. The standard InChI is InChI=1S/C20H15FN2O3/c1-11-7-8-12(9-15(11)21)22-19(24)16-10-14-18(23(16)2)13-5-3-4-6-17(13)26-20(14)25/h3-10H,1-2H3,(H,22,24). The minimum atomic E-state index is -0.505. The van der Waals surface area contributed by atoms with Gasteiger partial charge in [0.25, 0.3) is 5.91 Å². The highest BCUT2D eigenvalue weighted by atomic mass is 19.1. The van der Waals surface area contributed by atoms with Gasteiger partial charge in [0, 0.05) is 18.1 Å². The van der Waals surface area contributed by atoms with Crippen LogP contribution in [0.1, 0.15) is 16.1 Å². The zero-order chi connectivity index (χ0) is 18.4. The molecule has 0 aliphatic heterocycles. The van der Waals surface area contributed by atoms with Gasteiger partial charge < -0.3 is 14.3 Å². The third kappa shape index (κ3) is 2.47. The van der Waals surface area contributed by atoms with E-state index < -0.39 is 17.3 Å². The topological polar surface area (TPSA) is 64.2 Å². The molecule has 0 fully saturated rings. The average Bonchev–Trinajstić information content (AvgIpc) is 2.97. The van der Waals surface area contributed by atoms with E-state index in [1.54, 1.807) is 42.8 Å². The largest absolute Gasteiger partial charge is 0.422 e. The highest BCUT2D eigenvalue weighted by molar-refractivity contribution is 6.10. The Balaban J connectivity index is 1.84. The summed E-state index contributed by atoms with van der Waals surface area (Å²) in [5.41, 5.74) is 1.70. The maximum atomic E-state index is 13.7. The van der Waals surface area contributed by atoms with E-state index in [0.717, 1.165) is 5.39 Å². The number of amides is 1. The van der Waals surface area contributed by atoms with Crippen LogP contribution in [0.3, 0.4) is 0 Å². The van der Waals surface area contributed by atoms with Crippen molar-refractivity contribution in [2.45, 2.75) is 6.92 Å². The van der Waals surface area contributed by atoms with Crippen molar-refractivity contribution in [1.29, 1.82) is 0 Å². The molecular formula is C20H15FN2O3. The molecule has 1 amide bonds. The summed E-state index contributed by atoms with van der Waals surface area (Å²) in [5, 5.41) is 3.73. The van der Waals surface area contributed by atoms with Gasteiger partial charge in [-0.15, -0.1) is 0 Å². The van der Waals surface area contributed by atoms with Crippen molar-refractivity contribution in [3.8, 4) is 0 Å². The molecule has 26 heavy (non-hydrogen) atoms. The molecular weight excluding hydrogens is 335 g/mol. The number of fused-ring (bicyclic) bond motifs is 3. The van der Waals surface area contributed by atoms with E-state index in [1.807, 2.05) is 12.1 Å². The number of anilines is 1. The van der Waals surface area contributed by atoms with Crippen molar-refractivity contribution < 1.29 is 13.6 Å². The first-order valence-electron chi connectivity index (χ1n) is 8.04. The van der Waals surface area contributed by atoms with Crippen LogP contribution in [0, 0.1) is 12.7 Å². The third-order valence-corrected chi connectivity index (χ3v) is 4.46. The lowest BCUT2D eigenvalue weighted by Crippen LogP contribution is -2.15. The fourth-order valence-corrected chi connectivity index (χ4v) is 3.07. The van der Waals surface area contributed by atoms with E-state index >= 15 is 0 Å². The molecule has 0 atom stereocenters. The van der Waals surface area contributed by atoms with Crippen LogP contribution < -0.4 is 10.9 Å². The zero-order valence-electron chi connectivity index (χ0n) is 14.2. The lowest BCUT2D eigenvalue weighted by Gasteiger charge is -2.08. The van der Waals surface area contributed by atoms with Gasteiger partial charge in [0.1, 0.15) is 17.1 Å². The van der Waals surface area contributed by atoms with Gasteiger partial charge in [-0.2, -0.15) is 0 Å². The first kappa shape index (κ1) is 16.1. The van der Waals surface area contributed by atoms with Gasteiger partial charge in [-0.25, -0.2) is 9.18 Å². The summed E-state index contributed by atoms with van der Waals surface area (Å²) in [4.78, 5) is 24.9. The maximum absolute atomic E-state index is 13.7. The van der Waals surface area contributed by atoms with Crippen LogP contribution in [-0.4, -0.2) is 10.5 Å². The molecule has 4 aromatic rings. The molecule has 0 unspecified atom stereocenters. The molecule has 2 heterocycles. The van der Waals surface area contributed by atoms with Gasteiger partial charge in [0.05, 0.1) is 10.9 Å². The molecule has 0 saturated carbocycles. The molecule has 0 saturated heterocycles. The highest BCUT2D eigenvalue weighted by Crippen LogP contribution is 2.25. The number of nitrogens with zero attached hydrogens (tertiary/aromatic N) is 1. The molecule has 4 rings (SSSR count). The van der Waals surface area contributed by atoms with Crippen LogP contribution in [0.15, 0.2) is 57.7 Å². The summed E-state index contributed by atoms with van der Waals surface area (Å²) >= 11 is 0. The molecule has 5 nitrogen and oxygen atoms in total. The molecule has 6 heteroatoms. The Hall–Kier alpha value is -3.41. The Morgan fingerprint density at radius 3 is 2.65 bits per heavy atom. The highest BCUT2D eigenvalue weighted by Gasteiger charge is 2.18. The predicted octanol–water partition coefficient (Wildman–Crippen LogP) is 3.98. The number of para-hydroxylation sites is 1. The molecule has 2 aromatic heterocycles. The fraction of sp³-hybridized carbons (Fsp3) is 0.100. The van der Waals surface area contributed by atoms with Crippen molar-refractivity contribution in [1.82, 2.24) is 4.57 Å². The monoisotopic (exact) mass is 350 g/mol. The lowest BCUT2D eigenvalue weighted by atomic mass is 10.2. The van der Waals surface area contributed by atoms with Gasteiger partial charge in [0.2, 0.25) is 0 Å². The summed E-state index contributed by atoms with van der Waals surface area (Å²) in [7, 11) is 1.71. The first-order valence-corrected chi connectivity index (χ1v) is 8.04.